The van der Waals surface area contributed by atoms with Crippen LogP contribution in [-0.4, -0.2) is 34.5 Å². The maximum atomic E-state index is 12.6. The van der Waals surface area contributed by atoms with Crippen LogP contribution in [0.4, 0.5) is 4.79 Å². The van der Waals surface area contributed by atoms with Crippen LogP contribution in [0.15, 0.2) is 28.7 Å². The Balaban J connectivity index is 1.62. The summed E-state index contributed by atoms with van der Waals surface area (Å²) in [7, 11) is 0. The largest absolute Gasteiger partial charge is 0.481 e. The summed E-state index contributed by atoms with van der Waals surface area (Å²) in [5.41, 5.74) is 1.52. The molecule has 3 rings (SSSR count). The number of nitrogens with one attached hydrogen (secondary N) is 2. The summed E-state index contributed by atoms with van der Waals surface area (Å²) in [5.74, 6) is -0.424. The van der Waals surface area contributed by atoms with Crippen molar-refractivity contribution in [3.05, 3.63) is 28.7 Å². The number of imide groups is 1. The fourth-order valence-electron chi connectivity index (χ4n) is 3.19. The summed E-state index contributed by atoms with van der Waals surface area (Å²) < 4.78 is 6.44. The summed E-state index contributed by atoms with van der Waals surface area (Å²) in [4.78, 5) is 37.1. The summed E-state index contributed by atoms with van der Waals surface area (Å²) in [6.07, 6.45) is 3.18. The average molecular weight is 410 g/mol. The number of carbonyl (C=O) groups excluding carboxylic acids is 3. The third-order valence-electron chi connectivity index (χ3n) is 4.59. The molecule has 1 atom stereocenters. The fraction of sp³-hybridized carbons (Fsp3) is 0.471. The van der Waals surface area contributed by atoms with E-state index in [0.29, 0.717) is 18.6 Å². The lowest BCUT2D eigenvalue weighted by Gasteiger charge is -2.30. The Kier molecular flexibility index (Phi) is 4.99. The van der Waals surface area contributed by atoms with Crippen molar-refractivity contribution in [1.82, 2.24) is 15.8 Å². The van der Waals surface area contributed by atoms with Gasteiger partial charge in [-0.2, -0.15) is 5.01 Å². The number of hydrogen-bond donors (Lipinski definition) is 2. The van der Waals surface area contributed by atoms with Crippen LogP contribution in [0, 0.1) is 0 Å². The number of amides is 4. The minimum atomic E-state index is -0.863. The van der Waals surface area contributed by atoms with Crippen molar-refractivity contribution >= 4 is 33.8 Å². The van der Waals surface area contributed by atoms with E-state index < -0.39 is 23.6 Å². The highest BCUT2D eigenvalue weighted by Crippen LogP contribution is 2.33. The third-order valence-corrected chi connectivity index (χ3v) is 5.12. The number of benzene rings is 1. The molecule has 1 saturated heterocycles. The van der Waals surface area contributed by atoms with Crippen LogP contribution in [0.3, 0.4) is 0 Å². The zero-order valence-electron chi connectivity index (χ0n) is 13.9. The van der Waals surface area contributed by atoms with E-state index in [1.54, 1.807) is 31.2 Å². The van der Waals surface area contributed by atoms with Gasteiger partial charge in [0.05, 0.1) is 0 Å². The smallest absolute Gasteiger partial charge is 0.344 e. The molecule has 7 nitrogen and oxygen atoms in total. The minimum Gasteiger partial charge on any atom is -0.481 e. The van der Waals surface area contributed by atoms with Gasteiger partial charge < -0.3 is 10.1 Å². The number of ether oxygens (including phenoxy) is 1. The zero-order chi connectivity index (χ0) is 18.0. The van der Waals surface area contributed by atoms with E-state index >= 15 is 0 Å². The maximum absolute atomic E-state index is 12.6. The molecular weight excluding hydrogens is 390 g/mol. The second-order valence-electron chi connectivity index (χ2n) is 6.40. The van der Waals surface area contributed by atoms with Gasteiger partial charge in [0.1, 0.15) is 11.3 Å². The van der Waals surface area contributed by atoms with Crippen LogP contribution < -0.4 is 15.5 Å². The highest BCUT2D eigenvalue weighted by molar-refractivity contribution is 9.10. The van der Waals surface area contributed by atoms with Crippen molar-refractivity contribution in [3.8, 4) is 5.75 Å². The molecule has 2 aliphatic rings. The van der Waals surface area contributed by atoms with Crippen LogP contribution >= 0.6 is 15.9 Å². The van der Waals surface area contributed by atoms with Gasteiger partial charge in [-0.1, -0.05) is 35.2 Å². The monoisotopic (exact) mass is 409 g/mol. The van der Waals surface area contributed by atoms with Gasteiger partial charge >= 0.3 is 6.03 Å². The number of rotatable bonds is 4. The molecule has 0 aromatic heterocycles. The summed E-state index contributed by atoms with van der Waals surface area (Å²) in [6.45, 7) is 1.56. The van der Waals surface area contributed by atoms with Crippen molar-refractivity contribution in [3.63, 3.8) is 0 Å². The molecule has 2 N–H and O–H groups in total. The average Bonchev–Trinajstić information content (AvgIpc) is 2.81. The number of hydrazine groups is 1. The topological polar surface area (TPSA) is 87.7 Å². The van der Waals surface area contributed by atoms with Crippen LogP contribution in [0.25, 0.3) is 0 Å². The fourth-order valence-corrected chi connectivity index (χ4v) is 3.45. The first kappa shape index (κ1) is 17.7. The lowest BCUT2D eigenvalue weighted by molar-refractivity contribution is -0.142. The molecule has 0 radical (unpaired) electrons. The van der Waals surface area contributed by atoms with E-state index in [2.05, 4.69) is 26.7 Å². The van der Waals surface area contributed by atoms with Gasteiger partial charge in [0.2, 0.25) is 0 Å². The molecule has 0 unspecified atom stereocenters. The molecule has 1 aliphatic heterocycles. The number of carbonyl (C=O) groups is 3. The zero-order valence-corrected chi connectivity index (χ0v) is 15.5. The van der Waals surface area contributed by atoms with Gasteiger partial charge in [0.15, 0.2) is 6.10 Å². The highest BCUT2D eigenvalue weighted by Gasteiger charge is 2.52. The lowest BCUT2D eigenvalue weighted by atomic mass is 9.82. The quantitative estimate of drug-likeness (QED) is 0.747. The van der Waals surface area contributed by atoms with Crippen LogP contribution in [-0.2, 0) is 9.59 Å². The Morgan fingerprint density at radius 3 is 2.52 bits per heavy atom. The Labute approximate surface area is 154 Å². The Hall–Kier alpha value is -2.09. The summed E-state index contributed by atoms with van der Waals surface area (Å²) >= 11 is 3.32. The highest BCUT2D eigenvalue weighted by atomic mass is 79.9. The van der Waals surface area contributed by atoms with E-state index in [-0.39, 0.29) is 5.91 Å². The number of nitrogens with zero attached hydrogens (tertiary/aromatic N) is 1. The minimum absolute atomic E-state index is 0.388. The van der Waals surface area contributed by atoms with Crippen LogP contribution in [0.2, 0.25) is 0 Å². The molecule has 1 saturated carbocycles. The van der Waals surface area contributed by atoms with E-state index in [1.165, 1.54) is 0 Å². The Bertz CT molecular complexity index is 686. The number of urea groups is 1. The van der Waals surface area contributed by atoms with Crippen molar-refractivity contribution in [2.24, 2.45) is 0 Å². The number of hydrogen-bond acceptors (Lipinski definition) is 4. The second kappa shape index (κ2) is 7.03. The molecular formula is C17H20BrN3O4. The van der Waals surface area contributed by atoms with E-state index in [0.717, 1.165) is 28.7 Å². The first-order chi connectivity index (χ1) is 11.9. The SMILES string of the molecule is C[C@@H](Oc1ccc(Br)cc1)C(=O)NN1C(=O)NC2(CCCCC2)C1=O. The molecule has 4 amide bonds. The Morgan fingerprint density at radius 2 is 1.88 bits per heavy atom. The van der Waals surface area contributed by atoms with Crippen molar-refractivity contribution < 1.29 is 19.1 Å². The van der Waals surface area contributed by atoms with Gasteiger partial charge in [0.25, 0.3) is 11.8 Å². The van der Waals surface area contributed by atoms with Crippen molar-refractivity contribution in [2.45, 2.75) is 50.7 Å². The van der Waals surface area contributed by atoms with Gasteiger partial charge in [-0.25, -0.2) is 4.79 Å². The van der Waals surface area contributed by atoms with Crippen molar-refractivity contribution in [2.75, 3.05) is 0 Å². The Morgan fingerprint density at radius 1 is 1.24 bits per heavy atom. The van der Waals surface area contributed by atoms with Gasteiger partial charge in [0, 0.05) is 4.47 Å². The van der Waals surface area contributed by atoms with Crippen LogP contribution in [0.1, 0.15) is 39.0 Å². The van der Waals surface area contributed by atoms with E-state index in [1.807, 2.05) is 0 Å². The molecule has 1 aromatic carbocycles. The van der Waals surface area contributed by atoms with E-state index in [9.17, 15) is 14.4 Å². The van der Waals surface area contributed by atoms with Gasteiger partial charge in [-0.05, 0) is 44.0 Å². The molecule has 8 heteroatoms. The van der Waals surface area contributed by atoms with Crippen LogP contribution in [0.5, 0.6) is 5.75 Å². The van der Waals surface area contributed by atoms with Crippen molar-refractivity contribution in [1.29, 1.82) is 0 Å². The normalized spacial score (nSPS) is 20.3. The molecule has 1 heterocycles. The lowest BCUT2D eigenvalue weighted by Crippen LogP contribution is -2.53. The summed E-state index contributed by atoms with van der Waals surface area (Å²) in [6, 6.07) is 6.45. The molecule has 2 fully saturated rings. The third kappa shape index (κ3) is 3.63. The summed E-state index contributed by atoms with van der Waals surface area (Å²) in [5, 5.41) is 3.53. The maximum Gasteiger partial charge on any atom is 0.344 e. The molecule has 0 bridgehead atoms. The first-order valence-corrected chi connectivity index (χ1v) is 9.10. The molecule has 1 aliphatic carbocycles. The molecule has 25 heavy (non-hydrogen) atoms. The molecule has 1 spiro atoms. The van der Waals surface area contributed by atoms with Gasteiger partial charge in [-0.15, -0.1) is 0 Å². The first-order valence-electron chi connectivity index (χ1n) is 8.31. The van der Waals surface area contributed by atoms with E-state index in [4.69, 9.17) is 4.74 Å². The predicted octanol–water partition coefficient (Wildman–Crippen LogP) is 2.50. The molecule has 134 valence electrons. The standard InChI is InChI=1S/C17H20BrN3O4/c1-11(25-13-7-5-12(18)6-8-13)14(22)20-21-15(23)17(19-16(21)24)9-3-2-4-10-17/h5-8,11H,2-4,9-10H2,1H3,(H,19,24)(H,20,22)/t11-/m1/s1. The predicted molar refractivity (Wildman–Crippen MR) is 93.6 cm³/mol. The molecule has 1 aromatic rings. The van der Waals surface area contributed by atoms with Gasteiger partial charge in [-0.3, -0.25) is 15.0 Å². The second-order valence-corrected chi connectivity index (χ2v) is 7.32. The number of halogens is 1.